The van der Waals surface area contributed by atoms with Gasteiger partial charge in [-0.1, -0.05) is 50.1 Å². The lowest BCUT2D eigenvalue weighted by Gasteiger charge is -2.28. The largest absolute Gasteiger partial charge is 0.480 e. The molecule has 36 N–H and O–H groups in total. The number of nitrogens with one attached hydrogen (secondary N) is 9. The van der Waals surface area contributed by atoms with E-state index in [0.717, 1.165) is 5.56 Å². The summed E-state index contributed by atoms with van der Waals surface area (Å²) in [6.45, 7) is 1.71. The summed E-state index contributed by atoms with van der Waals surface area (Å²) in [4.78, 5) is 159. The lowest BCUT2D eigenvalue weighted by molar-refractivity contribution is -0.142. The molecule has 0 saturated heterocycles. The monoisotopic (exact) mass is 1370 g/mol. The minimum absolute atomic E-state index is 0.00508. The zero-order chi connectivity index (χ0) is 72.7. The van der Waals surface area contributed by atoms with Gasteiger partial charge in [0.1, 0.15) is 48.3 Å². The van der Waals surface area contributed by atoms with Crippen molar-refractivity contribution in [3.05, 3.63) is 35.9 Å². The van der Waals surface area contributed by atoms with E-state index < -0.39 is 120 Å². The molecule has 0 heterocycles. The van der Waals surface area contributed by atoms with Crippen LogP contribution in [0, 0.1) is 0 Å². The molecule has 0 fully saturated rings. The number of hydrogen-bond acceptors (Lipinski definition) is 18. The zero-order valence-electron chi connectivity index (χ0n) is 55.7. The second-order valence-electron chi connectivity index (χ2n) is 22.9. The number of aliphatic carboxylic acids is 1. The first-order valence-corrected chi connectivity index (χ1v) is 32.5. The van der Waals surface area contributed by atoms with E-state index in [-0.39, 0.29) is 172 Å². The maximum absolute atomic E-state index is 14.7. The molecule has 38 nitrogen and oxygen atoms in total. The Morgan fingerprint density at radius 3 is 0.907 bits per heavy atom. The van der Waals surface area contributed by atoms with Crippen molar-refractivity contribution < 1.29 is 53.1 Å². The molecule has 97 heavy (non-hydrogen) atoms. The van der Waals surface area contributed by atoms with Gasteiger partial charge in [0.2, 0.25) is 53.2 Å². The molecule has 1 aromatic rings. The fraction of sp³-hybridized carbons (Fsp3) is 0.644. The van der Waals surface area contributed by atoms with Gasteiger partial charge in [-0.3, -0.25) is 68.1 Å². The predicted octanol–water partition coefficient (Wildman–Crippen LogP) is -7.65. The van der Waals surface area contributed by atoms with Crippen molar-refractivity contribution in [2.24, 2.45) is 99.5 Å². The van der Waals surface area contributed by atoms with E-state index in [1.165, 1.54) is 0 Å². The average Bonchev–Trinajstić information content (AvgIpc) is 1.10. The molecule has 1 aromatic carbocycles. The van der Waals surface area contributed by atoms with Gasteiger partial charge in [-0.05, 0) is 134 Å². The molecular weight excluding hydrogens is 1260 g/mol. The number of nitrogens with zero attached hydrogens (tertiary/aromatic N) is 5. The van der Waals surface area contributed by atoms with Crippen LogP contribution < -0.4 is 122 Å². The Bertz CT molecular complexity index is 2750. The fourth-order valence-electron chi connectivity index (χ4n) is 9.46. The smallest absolute Gasteiger partial charge is 0.326 e. The van der Waals surface area contributed by atoms with E-state index in [9.17, 15) is 53.1 Å². The molecule has 0 bridgehead atoms. The highest BCUT2D eigenvalue weighted by Crippen LogP contribution is 2.13. The second-order valence-corrected chi connectivity index (χ2v) is 22.9. The molecule has 0 aromatic heterocycles. The third-order valence-electron chi connectivity index (χ3n) is 14.6. The number of carboxylic acids is 1. The minimum Gasteiger partial charge on any atom is -0.480 e. The molecule has 0 aliphatic rings. The first-order chi connectivity index (χ1) is 46.1. The Hall–Kier alpha value is -9.85. The predicted molar refractivity (Wildman–Crippen MR) is 369 cm³/mol. The average molecular weight is 1370 g/mol. The van der Waals surface area contributed by atoms with Crippen LogP contribution >= 0.6 is 0 Å². The molecule has 0 aliphatic heterocycles. The first-order valence-electron chi connectivity index (χ1n) is 32.5. The van der Waals surface area contributed by atoms with Crippen molar-refractivity contribution in [1.82, 2.24) is 47.9 Å². The van der Waals surface area contributed by atoms with Gasteiger partial charge < -0.3 is 127 Å². The van der Waals surface area contributed by atoms with Crippen LogP contribution in [0.3, 0.4) is 0 Å². The lowest BCUT2D eigenvalue weighted by atomic mass is 10.0. The number of rotatable bonds is 52. The lowest BCUT2D eigenvalue weighted by Crippen LogP contribution is -2.60. The topological polar surface area (TPSA) is 699 Å². The van der Waals surface area contributed by atoms with Crippen LogP contribution in [-0.2, 0) is 54.4 Å². The zero-order valence-corrected chi connectivity index (χ0v) is 55.7. The normalized spacial score (nSPS) is 13.6. The summed E-state index contributed by atoms with van der Waals surface area (Å²) in [5, 5.41) is 33.6. The van der Waals surface area contributed by atoms with Gasteiger partial charge in [-0.2, -0.15) is 0 Å². The molecule has 546 valence electrons. The molecular formula is C59H109N27O11. The van der Waals surface area contributed by atoms with Crippen molar-refractivity contribution in [2.45, 2.75) is 190 Å². The number of benzene rings is 1. The quantitative estimate of drug-likeness (QED) is 0.0164. The van der Waals surface area contributed by atoms with Gasteiger partial charge in [0, 0.05) is 32.7 Å². The van der Waals surface area contributed by atoms with Crippen LogP contribution in [0.15, 0.2) is 55.3 Å². The highest BCUT2D eigenvalue weighted by Gasteiger charge is 2.35. The van der Waals surface area contributed by atoms with Crippen molar-refractivity contribution >= 4 is 88.9 Å². The van der Waals surface area contributed by atoms with Crippen LogP contribution in [0.4, 0.5) is 0 Å². The van der Waals surface area contributed by atoms with E-state index in [0.29, 0.717) is 32.1 Å². The van der Waals surface area contributed by atoms with E-state index >= 15 is 0 Å². The van der Waals surface area contributed by atoms with E-state index in [4.69, 9.17) is 74.5 Å². The third kappa shape index (κ3) is 39.6. The molecule has 9 atom stereocenters. The Morgan fingerprint density at radius 2 is 0.639 bits per heavy atom. The Labute approximate surface area is 565 Å². The van der Waals surface area contributed by atoms with Crippen LogP contribution in [-0.4, -0.2) is 201 Å². The molecule has 0 radical (unpaired) electrons. The number of carboxylic acid groups (broad SMARTS) is 1. The number of carbonyl (C=O) groups excluding carboxylic acids is 9. The third-order valence-corrected chi connectivity index (χ3v) is 14.6. The second kappa shape index (κ2) is 49.7. The molecule has 9 amide bonds. The summed E-state index contributed by atoms with van der Waals surface area (Å²) in [6.07, 6.45) is 2.61. The molecule has 38 heteroatoms. The van der Waals surface area contributed by atoms with E-state index in [1.807, 2.05) is 13.0 Å². The van der Waals surface area contributed by atoms with Crippen LogP contribution in [0.1, 0.15) is 134 Å². The highest BCUT2D eigenvalue weighted by molar-refractivity contribution is 5.98. The summed E-state index contributed by atoms with van der Waals surface area (Å²) in [5.41, 5.74) is 74.2. The Morgan fingerprint density at radius 1 is 0.371 bits per heavy atom. The number of aliphatic imine (C=N–C) groups is 5. The Kier molecular flexibility index (Phi) is 43.6. The summed E-state index contributed by atoms with van der Waals surface area (Å²) >= 11 is 0. The van der Waals surface area contributed by atoms with Crippen molar-refractivity contribution in [2.75, 3.05) is 52.4 Å². The molecule has 0 saturated carbocycles. The van der Waals surface area contributed by atoms with E-state index in [2.05, 4.69) is 72.8 Å². The van der Waals surface area contributed by atoms with Crippen molar-refractivity contribution in [3.8, 4) is 0 Å². The van der Waals surface area contributed by atoms with Crippen LogP contribution in [0.2, 0.25) is 0 Å². The van der Waals surface area contributed by atoms with Crippen LogP contribution in [0.5, 0.6) is 0 Å². The number of amides is 9. The fourth-order valence-corrected chi connectivity index (χ4v) is 9.46. The van der Waals surface area contributed by atoms with Gasteiger partial charge in [0.05, 0.1) is 12.6 Å². The van der Waals surface area contributed by atoms with Gasteiger partial charge in [-0.25, -0.2) is 4.79 Å². The van der Waals surface area contributed by atoms with Gasteiger partial charge in [0.15, 0.2) is 29.8 Å². The van der Waals surface area contributed by atoms with Gasteiger partial charge >= 0.3 is 5.97 Å². The number of hydrogen-bond donors (Lipinski definition) is 23. The maximum atomic E-state index is 14.7. The van der Waals surface area contributed by atoms with E-state index in [1.54, 1.807) is 24.3 Å². The van der Waals surface area contributed by atoms with Crippen molar-refractivity contribution in [1.29, 1.82) is 0 Å². The number of unbranched alkanes of at least 4 members (excludes halogenated alkanes) is 3. The van der Waals surface area contributed by atoms with Gasteiger partial charge in [0.25, 0.3) is 0 Å². The highest BCUT2D eigenvalue weighted by atomic mass is 16.4. The number of carbonyl (C=O) groups is 10. The summed E-state index contributed by atoms with van der Waals surface area (Å²) < 4.78 is 0. The van der Waals surface area contributed by atoms with Gasteiger partial charge in [-0.15, -0.1) is 0 Å². The Balaban J connectivity index is 3.82. The molecule has 0 aliphatic carbocycles. The first kappa shape index (κ1) is 85.2. The summed E-state index contributed by atoms with van der Waals surface area (Å²) in [7, 11) is 0. The minimum atomic E-state index is -1.48. The SMILES string of the molecule is CCCC[C@H](NC(=O)[C@H](CCCN=C(N)N)NC(=O)[C@H](CCCN=C(N)N)NC(=O)[C@H](CCCN=C(N)N)NC(=O)[C@H](CCCCN)NC(=O)[C@H](CCCN=C(N)N)NC(=O)[C@H](CCCN=C(N)N)NC(=O)[C@H](CCCCN)NC(=O)CNC(=O)[C@@H](N)Cc1ccccc1)C(=O)O. The number of guanidine groups is 5. The standard InChI is InChI=1S/C59H109N27O11/c1-2-3-18-44(54(96)97)86-53(95)43(25-15-32-77-59(71)72)85-52(94)42(24-14-31-76-58(69)70)84-51(93)41(23-13-30-75-57(67)68)82-48(90)38(20-8-10-27-61)80-49(91)40(22-12-29-74-56(65)66)83-50(92)39(21-11-28-73-55(63)64)81-47(89)37(19-7-9-26-60)79-45(87)34-78-46(88)36(62)33-35-16-5-4-6-17-35/h4-6,16-17,36-44H,2-3,7-15,18-34,60-62H2,1H3,(H,78,88)(H,79,87)(H,80,91)(H,81,89)(H,82,90)(H,83,92)(H,84,93)(H,85,94)(H,86,95)(H,96,97)(H4,63,64,73)(H4,65,66,74)(H4,67,68,75)(H4,69,70,76)(H4,71,72,77)/t36-,37-,38-,39-,40-,41-,42-,43-,44-/m0/s1. The number of nitrogens with two attached hydrogens (primary N) is 13. The molecule has 0 spiro atoms. The maximum Gasteiger partial charge on any atom is 0.326 e. The summed E-state index contributed by atoms with van der Waals surface area (Å²) in [5.74, 6) is -10.1. The summed E-state index contributed by atoms with van der Waals surface area (Å²) in [6, 6.07) is -3.20. The van der Waals surface area contributed by atoms with Crippen LogP contribution in [0.25, 0.3) is 0 Å². The van der Waals surface area contributed by atoms with Crippen molar-refractivity contribution in [3.63, 3.8) is 0 Å². The molecule has 1 rings (SSSR count). The molecule has 0 unspecified atom stereocenters.